The van der Waals surface area contributed by atoms with Gasteiger partial charge in [-0.3, -0.25) is 0 Å². The summed E-state index contributed by atoms with van der Waals surface area (Å²) in [7, 11) is 1.63. The molecule has 1 fully saturated rings. The highest BCUT2D eigenvalue weighted by molar-refractivity contribution is 5.72. The maximum Gasteiger partial charge on any atom is 0.418 e. The summed E-state index contributed by atoms with van der Waals surface area (Å²) in [5.41, 5.74) is 11.9. The third kappa shape index (κ3) is 2.72. The number of hydrogen-bond donors (Lipinski definition) is 3. The van der Waals surface area contributed by atoms with Gasteiger partial charge in [-0.15, -0.1) is 0 Å². The SMILES string of the molecule is CCC(CC)Cc1cc(C(F)(F)F)c2c(c1)[C@]1(N)CNCC[C@]1(N)N2C. The third-order valence-corrected chi connectivity index (χ3v) is 6.43. The molecule has 0 aliphatic carbocycles. The fourth-order valence-electron chi connectivity index (χ4n) is 4.58. The first-order valence-electron chi connectivity index (χ1n) is 9.35. The zero-order chi connectivity index (χ0) is 19.3. The van der Waals surface area contributed by atoms with E-state index in [1.165, 1.54) is 6.07 Å². The Morgan fingerprint density at radius 3 is 2.46 bits per heavy atom. The van der Waals surface area contributed by atoms with E-state index in [0.29, 0.717) is 43.0 Å². The molecule has 0 radical (unpaired) electrons. The molecule has 0 unspecified atom stereocenters. The van der Waals surface area contributed by atoms with Crippen LogP contribution in [0.15, 0.2) is 12.1 Å². The Kier molecular flexibility index (Phi) is 4.78. The first-order chi connectivity index (χ1) is 12.1. The number of hydrogen-bond acceptors (Lipinski definition) is 4. The van der Waals surface area contributed by atoms with Gasteiger partial charge in [-0.05, 0) is 36.9 Å². The Bertz CT molecular complexity index is 686. The quantitative estimate of drug-likeness (QED) is 0.762. The van der Waals surface area contributed by atoms with E-state index >= 15 is 0 Å². The molecule has 3 rings (SSSR count). The zero-order valence-corrected chi connectivity index (χ0v) is 15.7. The van der Waals surface area contributed by atoms with Gasteiger partial charge in [0.2, 0.25) is 0 Å². The number of likely N-dealkylation sites (N-methyl/N-ethyl adjacent to an activating group) is 1. The van der Waals surface area contributed by atoms with Crippen molar-refractivity contribution >= 4 is 5.69 Å². The van der Waals surface area contributed by atoms with Crippen molar-refractivity contribution in [2.45, 2.75) is 56.9 Å². The van der Waals surface area contributed by atoms with Gasteiger partial charge < -0.3 is 21.7 Å². The van der Waals surface area contributed by atoms with Gasteiger partial charge in [0.1, 0.15) is 5.66 Å². The van der Waals surface area contributed by atoms with Crippen molar-refractivity contribution in [2.75, 3.05) is 25.0 Å². The number of alkyl halides is 3. The van der Waals surface area contributed by atoms with E-state index in [2.05, 4.69) is 19.2 Å². The fraction of sp³-hybridized carbons (Fsp3) is 0.684. The van der Waals surface area contributed by atoms with Crippen LogP contribution in [0.2, 0.25) is 0 Å². The van der Waals surface area contributed by atoms with E-state index in [-0.39, 0.29) is 5.69 Å². The van der Waals surface area contributed by atoms with Crippen LogP contribution < -0.4 is 21.7 Å². The normalized spacial score (nSPS) is 28.4. The van der Waals surface area contributed by atoms with E-state index in [1.54, 1.807) is 11.9 Å². The Labute approximate surface area is 153 Å². The number of fused-ring (bicyclic) bond motifs is 3. The minimum atomic E-state index is -4.45. The van der Waals surface area contributed by atoms with Gasteiger partial charge in [-0.1, -0.05) is 32.8 Å². The summed E-state index contributed by atoms with van der Waals surface area (Å²) in [5.74, 6) is 0.356. The number of anilines is 1. The van der Waals surface area contributed by atoms with Crippen LogP contribution in [0.4, 0.5) is 18.9 Å². The highest BCUT2D eigenvalue weighted by Gasteiger charge is 2.60. The molecule has 0 aromatic heterocycles. The number of nitrogens with one attached hydrogen (secondary N) is 1. The van der Waals surface area contributed by atoms with E-state index in [1.807, 2.05) is 6.07 Å². The lowest BCUT2D eigenvalue weighted by atomic mass is 9.76. The van der Waals surface area contributed by atoms with E-state index < -0.39 is 22.9 Å². The van der Waals surface area contributed by atoms with Crippen LogP contribution in [0.3, 0.4) is 0 Å². The first-order valence-corrected chi connectivity index (χ1v) is 9.35. The highest BCUT2D eigenvalue weighted by atomic mass is 19.4. The minimum absolute atomic E-state index is 0.138. The average Bonchev–Trinajstić information content (AvgIpc) is 2.76. The maximum atomic E-state index is 13.9. The van der Waals surface area contributed by atoms with Crippen molar-refractivity contribution in [1.82, 2.24) is 5.32 Å². The summed E-state index contributed by atoms with van der Waals surface area (Å²) in [4.78, 5) is 1.56. The number of benzene rings is 1. The lowest BCUT2D eigenvalue weighted by molar-refractivity contribution is -0.137. The third-order valence-electron chi connectivity index (χ3n) is 6.43. The molecule has 1 aromatic carbocycles. The van der Waals surface area contributed by atoms with Crippen molar-refractivity contribution in [1.29, 1.82) is 0 Å². The van der Waals surface area contributed by atoms with Gasteiger partial charge in [0.05, 0.1) is 16.8 Å². The van der Waals surface area contributed by atoms with Gasteiger partial charge >= 0.3 is 6.18 Å². The predicted octanol–water partition coefficient (Wildman–Crippen LogP) is 2.94. The van der Waals surface area contributed by atoms with Crippen LogP contribution in [-0.4, -0.2) is 25.8 Å². The molecule has 5 N–H and O–H groups in total. The lowest BCUT2D eigenvalue weighted by Crippen LogP contribution is -2.73. The van der Waals surface area contributed by atoms with Gasteiger partial charge in [-0.25, -0.2) is 0 Å². The molecule has 4 nitrogen and oxygen atoms in total. The molecule has 0 bridgehead atoms. The van der Waals surface area contributed by atoms with Gasteiger partial charge in [0.15, 0.2) is 0 Å². The average molecular weight is 370 g/mol. The van der Waals surface area contributed by atoms with E-state index in [0.717, 1.165) is 12.8 Å². The van der Waals surface area contributed by atoms with Crippen molar-refractivity contribution in [2.24, 2.45) is 17.4 Å². The number of rotatable bonds is 4. The summed E-state index contributed by atoms with van der Waals surface area (Å²) in [6.45, 7) is 5.14. The van der Waals surface area contributed by atoms with E-state index in [9.17, 15) is 13.2 Å². The molecular weight excluding hydrogens is 341 g/mol. The molecule has 2 aliphatic heterocycles. The van der Waals surface area contributed by atoms with Gasteiger partial charge in [0.25, 0.3) is 0 Å². The standard InChI is InChI=1S/C19H29F3N4/c1-4-12(5-2)8-13-9-14-16(15(10-13)19(20,21)22)26(3)18(24)6-7-25-11-17(14,18)23/h9-10,12,25H,4-8,11,23-24H2,1-3H3/t17-,18+/m1/s1. The molecule has 0 saturated carbocycles. The number of nitrogens with two attached hydrogens (primary N) is 2. The van der Waals surface area contributed by atoms with Crippen LogP contribution in [-0.2, 0) is 18.1 Å². The Morgan fingerprint density at radius 2 is 1.88 bits per heavy atom. The predicted molar refractivity (Wildman–Crippen MR) is 97.9 cm³/mol. The van der Waals surface area contributed by atoms with Crippen molar-refractivity contribution in [3.63, 3.8) is 0 Å². The Balaban J connectivity index is 2.20. The van der Waals surface area contributed by atoms with Crippen molar-refractivity contribution in [3.05, 3.63) is 28.8 Å². The largest absolute Gasteiger partial charge is 0.418 e. The summed E-state index contributed by atoms with van der Waals surface area (Å²) in [6, 6.07) is 3.16. The van der Waals surface area contributed by atoms with Crippen molar-refractivity contribution < 1.29 is 13.2 Å². The lowest BCUT2D eigenvalue weighted by Gasteiger charge is -2.48. The smallest absolute Gasteiger partial charge is 0.354 e. The number of piperidine rings is 1. The first kappa shape index (κ1) is 19.5. The monoisotopic (exact) mass is 370 g/mol. The van der Waals surface area contributed by atoms with Crippen LogP contribution in [0.5, 0.6) is 0 Å². The topological polar surface area (TPSA) is 67.3 Å². The second kappa shape index (κ2) is 6.39. The van der Waals surface area contributed by atoms with Gasteiger partial charge in [0, 0.05) is 19.2 Å². The molecule has 0 spiro atoms. The molecule has 146 valence electrons. The van der Waals surface area contributed by atoms with Crippen molar-refractivity contribution in [3.8, 4) is 0 Å². The second-order valence-electron chi connectivity index (χ2n) is 7.81. The minimum Gasteiger partial charge on any atom is -0.354 e. The molecule has 7 heteroatoms. The molecular formula is C19H29F3N4. The second-order valence-corrected chi connectivity index (χ2v) is 7.81. The summed E-state index contributed by atoms with van der Waals surface area (Å²) < 4.78 is 41.7. The van der Waals surface area contributed by atoms with Crippen LogP contribution in [0.25, 0.3) is 0 Å². The molecule has 0 amide bonds. The number of nitrogens with zero attached hydrogens (tertiary/aromatic N) is 1. The van der Waals surface area contributed by atoms with Gasteiger partial charge in [-0.2, -0.15) is 13.2 Å². The summed E-state index contributed by atoms with van der Waals surface area (Å²) in [6.07, 6.45) is -1.46. The Morgan fingerprint density at radius 1 is 1.23 bits per heavy atom. The molecule has 26 heavy (non-hydrogen) atoms. The summed E-state index contributed by atoms with van der Waals surface area (Å²) in [5, 5.41) is 3.21. The van der Waals surface area contributed by atoms with Crippen LogP contribution in [0, 0.1) is 5.92 Å². The van der Waals surface area contributed by atoms with Crippen LogP contribution >= 0.6 is 0 Å². The molecule has 1 aromatic rings. The zero-order valence-electron chi connectivity index (χ0n) is 15.7. The molecule has 1 saturated heterocycles. The summed E-state index contributed by atoms with van der Waals surface area (Å²) >= 11 is 0. The fourth-order valence-corrected chi connectivity index (χ4v) is 4.58. The van der Waals surface area contributed by atoms with Crippen LogP contribution in [0.1, 0.15) is 49.8 Å². The Hall–Kier alpha value is -1.31. The maximum absolute atomic E-state index is 13.9. The molecule has 2 atom stereocenters. The molecule has 2 aliphatic rings. The highest BCUT2D eigenvalue weighted by Crippen LogP contribution is 2.53. The number of halogens is 3. The molecule has 2 heterocycles. The van der Waals surface area contributed by atoms with E-state index in [4.69, 9.17) is 11.5 Å².